The molecular weight excluding hydrogens is 342 g/mol. The van der Waals surface area contributed by atoms with Crippen molar-refractivity contribution in [1.29, 1.82) is 0 Å². The number of benzene rings is 1. The number of halogens is 2. The van der Waals surface area contributed by atoms with Gasteiger partial charge in [-0.25, -0.2) is 4.68 Å². The van der Waals surface area contributed by atoms with E-state index in [4.69, 9.17) is 16.0 Å². The summed E-state index contributed by atoms with van der Waals surface area (Å²) in [6.07, 6.45) is 5.27. The molecular formula is C14H11BrClN3O. The summed E-state index contributed by atoms with van der Waals surface area (Å²) in [5.41, 5.74) is 1.83. The second-order valence-corrected chi connectivity index (χ2v) is 5.45. The molecule has 0 saturated carbocycles. The lowest BCUT2D eigenvalue weighted by atomic mass is 10.2. The topological polar surface area (TPSA) is 43.0 Å². The number of furan rings is 1. The molecule has 0 spiro atoms. The lowest BCUT2D eigenvalue weighted by Gasteiger charge is -2.12. The van der Waals surface area contributed by atoms with E-state index in [2.05, 4.69) is 26.3 Å². The van der Waals surface area contributed by atoms with E-state index in [9.17, 15) is 0 Å². The average Bonchev–Trinajstić information content (AvgIpc) is 3.08. The summed E-state index contributed by atoms with van der Waals surface area (Å²) >= 11 is 9.50. The Labute approximate surface area is 129 Å². The summed E-state index contributed by atoms with van der Waals surface area (Å²) in [6.45, 7) is 0.558. The first-order chi connectivity index (χ1) is 9.74. The second-order valence-electron chi connectivity index (χ2n) is 4.16. The molecule has 0 radical (unpaired) electrons. The first-order valence-electron chi connectivity index (χ1n) is 5.99. The Kier molecular flexibility index (Phi) is 3.80. The Bertz CT molecular complexity index is 709. The van der Waals surface area contributed by atoms with Crippen molar-refractivity contribution in [1.82, 2.24) is 9.78 Å². The number of rotatable bonds is 4. The van der Waals surface area contributed by atoms with Crippen molar-refractivity contribution in [2.75, 3.05) is 5.32 Å². The van der Waals surface area contributed by atoms with Crippen molar-refractivity contribution in [3.05, 3.63) is 64.2 Å². The van der Waals surface area contributed by atoms with Gasteiger partial charge in [0.05, 0.1) is 28.7 Å². The summed E-state index contributed by atoms with van der Waals surface area (Å²) in [4.78, 5) is 0. The summed E-state index contributed by atoms with van der Waals surface area (Å²) in [7, 11) is 0. The Morgan fingerprint density at radius 2 is 2.25 bits per heavy atom. The van der Waals surface area contributed by atoms with E-state index < -0.39 is 0 Å². The van der Waals surface area contributed by atoms with Crippen LogP contribution >= 0.6 is 27.5 Å². The van der Waals surface area contributed by atoms with Crippen molar-refractivity contribution in [2.45, 2.75) is 6.54 Å². The highest BCUT2D eigenvalue weighted by atomic mass is 79.9. The van der Waals surface area contributed by atoms with Gasteiger partial charge >= 0.3 is 0 Å². The summed E-state index contributed by atoms with van der Waals surface area (Å²) < 4.78 is 8.11. The van der Waals surface area contributed by atoms with E-state index in [1.165, 1.54) is 0 Å². The van der Waals surface area contributed by atoms with Crippen LogP contribution in [0.5, 0.6) is 0 Å². The number of anilines is 1. The molecule has 0 bridgehead atoms. The molecule has 3 aromatic rings. The molecule has 0 aliphatic rings. The molecule has 4 nitrogen and oxygen atoms in total. The molecule has 6 heteroatoms. The maximum Gasteiger partial charge on any atom is 0.136 e. The molecule has 1 N–H and O–H groups in total. The standard InChI is InChI=1S/C14H11BrClN3O/c15-11-4-7-20-14(11)9-17-12-8-10(16)2-3-13(12)19-6-1-5-18-19/h1-8,17H,9H2. The smallest absolute Gasteiger partial charge is 0.136 e. The van der Waals surface area contributed by atoms with Gasteiger partial charge in [-0.3, -0.25) is 0 Å². The maximum absolute atomic E-state index is 6.07. The molecule has 0 unspecified atom stereocenters. The average molecular weight is 353 g/mol. The monoisotopic (exact) mass is 351 g/mol. The number of hydrogen-bond acceptors (Lipinski definition) is 3. The van der Waals surface area contributed by atoms with Crippen molar-refractivity contribution in [2.24, 2.45) is 0 Å². The van der Waals surface area contributed by atoms with E-state index in [0.717, 1.165) is 21.6 Å². The fourth-order valence-electron chi connectivity index (χ4n) is 1.89. The third-order valence-electron chi connectivity index (χ3n) is 2.84. The third kappa shape index (κ3) is 2.73. The van der Waals surface area contributed by atoms with Crippen LogP contribution in [0.4, 0.5) is 5.69 Å². The van der Waals surface area contributed by atoms with Crippen LogP contribution in [0, 0.1) is 0 Å². The molecule has 20 heavy (non-hydrogen) atoms. The predicted molar refractivity (Wildman–Crippen MR) is 82.3 cm³/mol. The normalized spacial score (nSPS) is 10.7. The molecule has 102 valence electrons. The number of aromatic nitrogens is 2. The van der Waals surface area contributed by atoms with Gasteiger partial charge in [-0.05, 0) is 46.3 Å². The van der Waals surface area contributed by atoms with E-state index in [0.29, 0.717) is 11.6 Å². The van der Waals surface area contributed by atoms with Crippen molar-refractivity contribution >= 4 is 33.2 Å². The zero-order chi connectivity index (χ0) is 13.9. The highest BCUT2D eigenvalue weighted by molar-refractivity contribution is 9.10. The van der Waals surface area contributed by atoms with Gasteiger partial charge in [-0.2, -0.15) is 5.10 Å². The second kappa shape index (κ2) is 5.73. The van der Waals surface area contributed by atoms with Gasteiger partial charge in [0.25, 0.3) is 0 Å². The Morgan fingerprint density at radius 3 is 2.95 bits per heavy atom. The first-order valence-corrected chi connectivity index (χ1v) is 7.16. The molecule has 2 heterocycles. The van der Waals surface area contributed by atoms with Gasteiger partial charge < -0.3 is 9.73 Å². The fourth-order valence-corrected chi connectivity index (χ4v) is 2.40. The third-order valence-corrected chi connectivity index (χ3v) is 3.78. The zero-order valence-corrected chi connectivity index (χ0v) is 12.7. The SMILES string of the molecule is Clc1ccc(-n2cccn2)c(NCc2occc2Br)c1. The van der Waals surface area contributed by atoms with Crippen LogP contribution in [0.1, 0.15) is 5.76 Å². The van der Waals surface area contributed by atoms with E-state index in [1.807, 2.05) is 36.5 Å². The minimum atomic E-state index is 0.558. The van der Waals surface area contributed by atoms with Gasteiger partial charge in [0, 0.05) is 17.4 Å². The summed E-state index contributed by atoms with van der Waals surface area (Å²) in [5.74, 6) is 0.830. The Balaban J connectivity index is 1.88. The maximum atomic E-state index is 6.07. The quantitative estimate of drug-likeness (QED) is 0.752. The fraction of sp³-hybridized carbons (Fsp3) is 0.0714. The van der Waals surface area contributed by atoms with Crippen molar-refractivity contribution in [3.63, 3.8) is 0 Å². The highest BCUT2D eigenvalue weighted by Crippen LogP contribution is 2.26. The molecule has 0 amide bonds. The first kappa shape index (κ1) is 13.3. The number of nitrogens with one attached hydrogen (secondary N) is 1. The molecule has 1 aromatic carbocycles. The molecule has 0 atom stereocenters. The predicted octanol–water partition coefficient (Wildman–Crippen LogP) is 4.49. The van der Waals surface area contributed by atoms with E-state index in [1.54, 1.807) is 17.1 Å². The lowest BCUT2D eigenvalue weighted by Crippen LogP contribution is -2.04. The number of nitrogens with zero attached hydrogens (tertiary/aromatic N) is 2. The van der Waals surface area contributed by atoms with Crippen molar-refractivity contribution < 1.29 is 4.42 Å². The van der Waals surface area contributed by atoms with Crippen LogP contribution < -0.4 is 5.32 Å². The van der Waals surface area contributed by atoms with Gasteiger partial charge in [-0.15, -0.1) is 0 Å². The van der Waals surface area contributed by atoms with Crippen LogP contribution in [0.2, 0.25) is 5.02 Å². The molecule has 3 rings (SSSR count). The zero-order valence-electron chi connectivity index (χ0n) is 10.4. The Morgan fingerprint density at radius 1 is 1.35 bits per heavy atom. The van der Waals surface area contributed by atoms with E-state index in [-0.39, 0.29) is 0 Å². The largest absolute Gasteiger partial charge is 0.466 e. The minimum Gasteiger partial charge on any atom is -0.466 e. The van der Waals surface area contributed by atoms with Crippen LogP contribution in [-0.2, 0) is 6.54 Å². The van der Waals surface area contributed by atoms with Gasteiger partial charge in [0.1, 0.15) is 5.76 Å². The van der Waals surface area contributed by atoms with Gasteiger partial charge in [0.15, 0.2) is 0 Å². The molecule has 0 aliphatic carbocycles. The molecule has 0 fully saturated rings. The Hall–Kier alpha value is -1.72. The molecule has 0 saturated heterocycles. The van der Waals surface area contributed by atoms with E-state index >= 15 is 0 Å². The van der Waals surface area contributed by atoms with Crippen LogP contribution in [0.3, 0.4) is 0 Å². The highest BCUT2D eigenvalue weighted by Gasteiger charge is 2.08. The minimum absolute atomic E-state index is 0.558. The molecule has 2 aromatic heterocycles. The van der Waals surface area contributed by atoms with Crippen LogP contribution in [0.15, 0.2) is 57.9 Å². The lowest BCUT2D eigenvalue weighted by molar-refractivity contribution is 0.516. The molecule has 0 aliphatic heterocycles. The number of hydrogen-bond donors (Lipinski definition) is 1. The summed E-state index contributed by atoms with van der Waals surface area (Å²) in [5, 5.41) is 8.23. The summed E-state index contributed by atoms with van der Waals surface area (Å²) in [6, 6.07) is 9.38. The van der Waals surface area contributed by atoms with Crippen LogP contribution in [0.25, 0.3) is 5.69 Å². The van der Waals surface area contributed by atoms with Crippen LogP contribution in [-0.4, -0.2) is 9.78 Å². The van der Waals surface area contributed by atoms with Gasteiger partial charge in [-0.1, -0.05) is 11.6 Å². The van der Waals surface area contributed by atoms with Gasteiger partial charge in [0.2, 0.25) is 0 Å². The van der Waals surface area contributed by atoms with Crippen molar-refractivity contribution in [3.8, 4) is 5.69 Å².